The van der Waals surface area contributed by atoms with E-state index in [-0.39, 0.29) is 4.33 Å². The summed E-state index contributed by atoms with van der Waals surface area (Å²) in [5.41, 5.74) is 4.09. The summed E-state index contributed by atoms with van der Waals surface area (Å²) in [6, 6.07) is 15.4. The summed E-state index contributed by atoms with van der Waals surface area (Å²) in [5, 5.41) is 0. The second-order valence-corrected chi connectivity index (χ2v) is 8.94. The number of thioether (sulfide) groups is 2. The molecule has 2 aromatic rings. The summed E-state index contributed by atoms with van der Waals surface area (Å²) in [5.74, 6) is 0. The molecule has 3 heterocycles. The van der Waals surface area contributed by atoms with Crippen molar-refractivity contribution in [1.29, 1.82) is 0 Å². The van der Waals surface area contributed by atoms with Crippen LogP contribution in [0.3, 0.4) is 0 Å². The van der Waals surface area contributed by atoms with Crippen LogP contribution in [-0.4, -0.2) is 39.0 Å². The van der Waals surface area contributed by atoms with Crippen LogP contribution >= 0.6 is 23.5 Å². The van der Waals surface area contributed by atoms with Gasteiger partial charge in [-0.05, 0) is 30.7 Å². The van der Waals surface area contributed by atoms with Crippen LogP contribution in [-0.2, 0) is 0 Å². The van der Waals surface area contributed by atoms with Crippen LogP contribution in [0.2, 0.25) is 0 Å². The van der Waals surface area contributed by atoms with Gasteiger partial charge in [0.2, 0.25) is 0 Å². The lowest BCUT2D eigenvalue weighted by molar-refractivity contribution is -0.784. The van der Waals surface area contributed by atoms with Crippen LogP contribution in [0.4, 0.5) is 0 Å². The van der Waals surface area contributed by atoms with Crippen molar-refractivity contribution in [1.82, 2.24) is 0 Å². The zero-order chi connectivity index (χ0) is 15.4. The van der Waals surface area contributed by atoms with E-state index in [1.807, 2.05) is 23.5 Å². The number of benzene rings is 2. The molecule has 1 atom stereocenters. The van der Waals surface area contributed by atoms with Gasteiger partial charge in [0.1, 0.15) is 0 Å². The van der Waals surface area contributed by atoms with Gasteiger partial charge in [-0.1, -0.05) is 24.3 Å². The topological polar surface area (TPSA) is 6.02 Å². The van der Waals surface area contributed by atoms with Crippen LogP contribution in [0.15, 0.2) is 52.3 Å². The van der Waals surface area contributed by atoms with E-state index in [4.69, 9.17) is 0 Å². The number of aryl methyl sites for hydroxylation is 1. The first-order valence-electron chi connectivity index (χ1n) is 8.06. The van der Waals surface area contributed by atoms with Crippen molar-refractivity contribution in [3.05, 3.63) is 59.2 Å². The van der Waals surface area contributed by atoms with Gasteiger partial charge in [-0.2, -0.15) is 9.15 Å². The van der Waals surface area contributed by atoms with E-state index < -0.39 is 0 Å². The molecular weight excluding hydrogens is 320 g/mol. The fraction of sp³-hybridized carbons (Fsp3) is 0.263. The number of rotatable bonds is 0. The molecule has 0 radical (unpaired) electrons. The monoisotopic (exact) mass is 338 g/mol. The Bertz CT molecular complexity index is 885. The van der Waals surface area contributed by atoms with Gasteiger partial charge >= 0.3 is 4.33 Å². The normalized spacial score (nSPS) is 24.6. The van der Waals surface area contributed by atoms with Gasteiger partial charge in [0.05, 0.1) is 17.5 Å². The summed E-state index contributed by atoms with van der Waals surface area (Å²) in [7, 11) is 0. The van der Waals surface area contributed by atoms with Crippen LogP contribution in [0.1, 0.15) is 23.1 Å². The van der Waals surface area contributed by atoms with Gasteiger partial charge in [-0.15, -0.1) is 0 Å². The lowest BCUT2D eigenvalue weighted by Gasteiger charge is -2.34. The highest BCUT2D eigenvalue weighted by molar-refractivity contribution is 8.17. The molecule has 2 aromatic carbocycles. The van der Waals surface area contributed by atoms with E-state index in [0.29, 0.717) is 0 Å². The Morgan fingerprint density at radius 3 is 2.48 bits per heavy atom. The molecule has 0 saturated carbocycles. The first kappa shape index (κ1) is 13.9. The highest BCUT2D eigenvalue weighted by Gasteiger charge is 2.60. The standard InChI is InChI=1S/C19H18N2S2/c1-14-6-4-8-16-13-21-11-5-10-20-12-15-7-2-3-9-17(15)22-19(20,21)23-18(14)16/h2-4,6-9,12-13H,5,10-11H2,1H3/q+2. The Balaban J connectivity index is 1.73. The fourth-order valence-electron chi connectivity index (χ4n) is 3.61. The van der Waals surface area contributed by atoms with Crippen molar-refractivity contribution >= 4 is 36.0 Å². The van der Waals surface area contributed by atoms with Crippen molar-refractivity contribution in [3.8, 4) is 0 Å². The summed E-state index contributed by atoms with van der Waals surface area (Å²) in [6.45, 7) is 4.48. The van der Waals surface area contributed by atoms with Gasteiger partial charge in [0, 0.05) is 33.3 Å². The maximum atomic E-state index is 2.54. The van der Waals surface area contributed by atoms with E-state index in [9.17, 15) is 0 Å². The predicted octanol–water partition coefficient (Wildman–Crippen LogP) is 3.78. The molecule has 0 bridgehead atoms. The second kappa shape index (κ2) is 4.99. The van der Waals surface area contributed by atoms with Crippen molar-refractivity contribution in [3.63, 3.8) is 0 Å². The summed E-state index contributed by atoms with van der Waals surface area (Å²) in [6.07, 6.45) is 5.95. The lowest BCUT2D eigenvalue weighted by Crippen LogP contribution is -2.55. The van der Waals surface area contributed by atoms with E-state index in [1.165, 1.54) is 32.9 Å². The molecule has 1 unspecified atom stereocenters. The van der Waals surface area contributed by atoms with E-state index in [2.05, 4.69) is 71.0 Å². The summed E-state index contributed by atoms with van der Waals surface area (Å²) >= 11 is 4.01. The molecule has 114 valence electrons. The largest absolute Gasteiger partial charge is 0.460 e. The first-order valence-corrected chi connectivity index (χ1v) is 9.69. The smallest absolute Gasteiger partial charge is 0.152 e. The molecule has 0 amide bonds. The molecule has 1 fully saturated rings. The molecule has 5 rings (SSSR count). The second-order valence-electron chi connectivity index (χ2n) is 6.28. The highest BCUT2D eigenvalue weighted by Crippen LogP contribution is 2.53. The molecule has 0 N–H and O–H groups in total. The molecule has 2 nitrogen and oxygen atoms in total. The van der Waals surface area contributed by atoms with Crippen molar-refractivity contribution in [2.75, 3.05) is 13.1 Å². The zero-order valence-corrected chi connectivity index (χ0v) is 14.7. The van der Waals surface area contributed by atoms with E-state index >= 15 is 0 Å². The predicted molar refractivity (Wildman–Crippen MR) is 97.3 cm³/mol. The first-order chi connectivity index (χ1) is 11.3. The van der Waals surface area contributed by atoms with E-state index in [0.717, 1.165) is 13.1 Å². The molecular formula is C19H18N2S2+2. The Morgan fingerprint density at radius 1 is 0.870 bits per heavy atom. The Labute approximate surface area is 144 Å². The quantitative estimate of drug-likeness (QED) is 0.674. The van der Waals surface area contributed by atoms with Crippen molar-refractivity contribution < 1.29 is 9.15 Å². The number of hydrogen-bond acceptors (Lipinski definition) is 2. The average molecular weight is 339 g/mol. The maximum Gasteiger partial charge on any atom is 0.460 e. The number of hydrogen-bond donors (Lipinski definition) is 0. The summed E-state index contributed by atoms with van der Waals surface area (Å²) in [4.78, 5) is 2.81. The highest BCUT2D eigenvalue weighted by atomic mass is 32.2. The maximum absolute atomic E-state index is 2.54. The lowest BCUT2D eigenvalue weighted by atomic mass is 10.1. The summed E-state index contributed by atoms with van der Waals surface area (Å²) < 4.78 is 5.02. The van der Waals surface area contributed by atoms with Crippen LogP contribution < -0.4 is 0 Å². The molecule has 1 saturated heterocycles. The third-order valence-corrected chi connectivity index (χ3v) is 8.08. The van der Waals surface area contributed by atoms with Crippen molar-refractivity contribution in [2.24, 2.45) is 0 Å². The van der Waals surface area contributed by atoms with Crippen LogP contribution in [0, 0.1) is 6.92 Å². The van der Waals surface area contributed by atoms with Crippen LogP contribution in [0.25, 0.3) is 0 Å². The minimum atomic E-state index is -0.0638. The molecule has 0 aliphatic carbocycles. The molecule has 4 heteroatoms. The van der Waals surface area contributed by atoms with Gasteiger partial charge in [-0.3, -0.25) is 0 Å². The van der Waals surface area contributed by atoms with Gasteiger partial charge in [0.15, 0.2) is 25.5 Å². The zero-order valence-electron chi connectivity index (χ0n) is 13.0. The minimum Gasteiger partial charge on any atom is -0.152 e. The van der Waals surface area contributed by atoms with Crippen LogP contribution in [0.5, 0.6) is 0 Å². The third-order valence-electron chi connectivity index (χ3n) is 4.75. The molecule has 23 heavy (non-hydrogen) atoms. The number of fused-ring (bicyclic) bond motifs is 2. The Kier molecular flexibility index (Phi) is 3.01. The Hall–Kier alpha value is -1.52. The minimum absolute atomic E-state index is 0.0638. The van der Waals surface area contributed by atoms with Gasteiger partial charge in [0.25, 0.3) is 0 Å². The Morgan fingerprint density at radius 2 is 1.61 bits per heavy atom. The van der Waals surface area contributed by atoms with Gasteiger partial charge in [-0.25, -0.2) is 0 Å². The van der Waals surface area contributed by atoms with Gasteiger partial charge < -0.3 is 0 Å². The van der Waals surface area contributed by atoms with E-state index in [1.54, 1.807) is 0 Å². The average Bonchev–Trinajstić information content (AvgIpc) is 2.57. The SMILES string of the molecule is Cc1cccc2c1SC13Sc4ccccc4C=[N+]1CCC[N+]3=C2. The van der Waals surface area contributed by atoms with Crippen molar-refractivity contribution in [2.45, 2.75) is 27.5 Å². The molecule has 3 aliphatic rings. The number of nitrogens with zero attached hydrogens (tertiary/aromatic N) is 2. The molecule has 1 spiro atoms. The third kappa shape index (κ3) is 1.98. The molecule has 0 aromatic heterocycles. The fourth-order valence-corrected chi connectivity index (χ4v) is 6.75. The molecule has 3 aliphatic heterocycles.